The summed E-state index contributed by atoms with van der Waals surface area (Å²) >= 11 is 5.54. The van der Waals surface area contributed by atoms with E-state index in [0.717, 1.165) is 0 Å². The van der Waals surface area contributed by atoms with Crippen molar-refractivity contribution in [3.05, 3.63) is 33.9 Å². The molecule has 0 saturated heterocycles. The zero-order valence-electron chi connectivity index (χ0n) is 8.51. The molecule has 0 saturated carbocycles. The topological polar surface area (TPSA) is 76.2 Å². The SMILES string of the molecule is Cc1cccc([N+](=O)[O-])c1OCC(Cl)C#N. The molecule has 0 aliphatic rings. The Morgan fingerprint density at radius 2 is 2.38 bits per heavy atom. The van der Waals surface area contributed by atoms with E-state index in [2.05, 4.69) is 0 Å². The molecule has 0 aliphatic carbocycles. The largest absolute Gasteiger partial charge is 0.484 e. The van der Waals surface area contributed by atoms with Crippen molar-refractivity contribution in [3.63, 3.8) is 0 Å². The molecule has 0 aromatic heterocycles. The monoisotopic (exact) mass is 240 g/mol. The van der Waals surface area contributed by atoms with Crippen LogP contribution in [0.2, 0.25) is 0 Å². The molecule has 1 atom stereocenters. The molecule has 1 aromatic carbocycles. The maximum Gasteiger partial charge on any atom is 0.311 e. The number of nitrogens with zero attached hydrogens (tertiary/aromatic N) is 2. The summed E-state index contributed by atoms with van der Waals surface area (Å²) in [7, 11) is 0. The van der Waals surface area contributed by atoms with Gasteiger partial charge in [0.2, 0.25) is 0 Å². The molecule has 0 bridgehead atoms. The Kier molecular flexibility index (Phi) is 4.09. The van der Waals surface area contributed by atoms with Gasteiger partial charge in [-0.3, -0.25) is 10.1 Å². The normalized spacial score (nSPS) is 11.6. The standard InChI is InChI=1S/C10H9ClN2O3/c1-7-3-2-4-9(13(14)15)10(7)16-6-8(11)5-12/h2-4,8H,6H2,1H3. The number of halogens is 1. The van der Waals surface area contributed by atoms with Crippen LogP contribution < -0.4 is 4.74 Å². The Balaban J connectivity index is 2.94. The van der Waals surface area contributed by atoms with Crippen LogP contribution in [0.4, 0.5) is 5.69 Å². The first-order chi connectivity index (χ1) is 7.56. The number of hydrogen-bond acceptors (Lipinski definition) is 4. The van der Waals surface area contributed by atoms with Crippen molar-refractivity contribution in [1.82, 2.24) is 0 Å². The fourth-order valence-corrected chi connectivity index (χ4v) is 1.23. The van der Waals surface area contributed by atoms with Crippen molar-refractivity contribution in [2.45, 2.75) is 12.3 Å². The predicted molar refractivity (Wildman–Crippen MR) is 58.6 cm³/mol. The molecule has 0 amide bonds. The summed E-state index contributed by atoms with van der Waals surface area (Å²) in [5.74, 6) is 0.161. The molecule has 84 valence electrons. The number of para-hydroxylation sites is 1. The van der Waals surface area contributed by atoms with Gasteiger partial charge in [0.15, 0.2) is 11.1 Å². The molecule has 0 N–H and O–H groups in total. The number of alkyl halides is 1. The van der Waals surface area contributed by atoms with E-state index in [0.29, 0.717) is 5.56 Å². The van der Waals surface area contributed by atoms with Crippen LogP contribution in [0.1, 0.15) is 5.56 Å². The van der Waals surface area contributed by atoms with Crippen LogP contribution >= 0.6 is 11.6 Å². The van der Waals surface area contributed by atoms with Crippen molar-refractivity contribution in [2.24, 2.45) is 0 Å². The fraction of sp³-hybridized carbons (Fsp3) is 0.300. The molecule has 5 nitrogen and oxygen atoms in total. The molecule has 6 heteroatoms. The van der Waals surface area contributed by atoms with Crippen molar-refractivity contribution < 1.29 is 9.66 Å². The second kappa shape index (κ2) is 5.33. The second-order valence-corrected chi connectivity index (χ2v) is 3.61. The lowest BCUT2D eigenvalue weighted by atomic mass is 10.2. The van der Waals surface area contributed by atoms with Gasteiger partial charge in [0.05, 0.1) is 11.0 Å². The van der Waals surface area contributed by atoms with Gasteiger partial charge < -0.3 is 4.74 Å². The van der Waals surface area contributed by atoms with Crippen molar-refractivity contribution in [1.29, 1.82) is 5.26 Å². The maximum absolute atomic E-state index is 10.7. The molecule has 0 aliphatic heterocycles. The van der Waals surface area contributed by atoms with Gasteiger partial charge in [0.25, 0.3) is 0 Å². The summed E-state index contributed by atoms with van der Waals surface area (Å²) < 4.78 is 5.19. The van der Waals surface area contributed by atoms with Crippen molar-refractivity contribution in [2.75, 3.05) is 6.61 Å². The molecular weight excluding hydrogens is 232 g/mol. The first-order valence-corrected chi connectivity index (χ1v) is 4.90. The summed E-state index contributed by atoms with van der Waals surface area (Å²) in [6, 6.07) is 6.38. The lowest BCUT2D eigenvalue weighted by Gasteiger charge is -2.09. The van der Waals surface area contributed by atoms with Crippen LogP contribution in [0.3, 0.4) is 0 Å². The summed E-state index contributed by atoms with van der Waals surface area (Å²) in [5.41, 5.74) is 0.512. The van der Waals surface area contributed by atoms with Gasteiger partial charge in [0, 0.05) is 6.07 Å². The quantitative estimate of drug-likeness (QED) is 0.460. The molecule has 1 rings (SSSR count). The van der Waals surface area contributed by atoms with Crippen LogP contribution in [0, 0.1) is 28.4 Å². The van der Waals surface area contributed by atoms with Crippen molar-refractivity contribution in [3.8, 4) is 11.8 Å². The minimum absolute atomic E-state index is 0.0796. The van der Waals surface area contributed by atoms with E-state index in [-0.39, 0.29) is 18.0 Å². The van der Waals surface area contributed by atoms with E-state index in [4.69, 9.17) is 21.6 Å². The average molecular weight is 241 g/mol. The number of hydrogen-bond donors (Lipinski definition) is 0. The summed E-state index contributed by atoms with van der Waals surface area (Å²) in [6.45, 7) is 1.61. The first kappa shape index (κ1) is 12.3. The van der Waals surface area contributed by atoms with Crippen LogP contribution in [0.25, 0.3) is 0 Å². The van der Waals surface area contributed by atoms with E-state index in [1.807, 2.05) is 0 Å². The summed E-state index contributed by atoms with van der Waals surface area (Å²) in [6.07, 6.45) is 0. The smallest absolute Gasteiger partial charge is 0.311 e. The predicted octanol–water partition coefficient (Wildman–Crippen LogP) is 2.41. The summed E-state index contributed by atoms with van der Waals surface area (Å²) in [4.78, 5) is 10.2. The molecule has 0 heterocycles. The minimum atomic E-state index is -0.820. The van der Waals surface area contributed by atoms with Gasteiger partial charge >= 0.3 is 5.69 Å². The molecular formula is C10H9ClN2O3. The number of aryl methyl sites for hydroxylation is 1. The Morgan fingerprint density at radius 1 is 1.69 bits per heavy atom. The Bertz CT molecular complexity index is 442. The zero-order valence-corrected chi connectivity index (χ0v) is 9.27. The van der Waals surface area contributed by atoms with Gasteiger partial charge in [-0.05, 0) is 12.5 Å². The van der Waals surface area contributed by atoms with Gasteiger partial charge in [0.1, 0.15) is 6.61 Å². The van der Waals surface area contributed by atoms with Crippen LogP contribution in [-0.4, -0.2) is 16.9 Å². The molecule has 1 aromatic rings. The number of ether oxygens (including phenoxy) is 1. The van der Waals surface area contributed by atoms with Crippen LogP contribution in [0.5, 0.6) is 5.75 Å². The number of nitro benzene ring substituents is 1. The van der Waals surface area contributed by atoms with Crippen LogP contribution in [-0.2, 0) is 0 Å². The van der Waals surface area contributed by atoms with Crippen molar-refractivity contribution >= 4 is 17.3 Å². The Hall–Kier alpha value is -1.80. The summed E-state index contributed by atoms with van der Waals surface area (Å²) in [5, 5.41) is 18.4. The lowest BCUT2D eigenvalue weighted by Crippen LogP contribution is -2.11. The Morgan fingerprint density at radius 3 is 2.94 bits per heavy atom. The molecule has 1 unspecified atom stereocenters. The van der Waals surface area contributed by atoms with E-state index < -0.39 is 10.3 Å². The molecule has 0 fully saturated rings. The number of benzene rings is 1. The van der Waals surface area contributed by atoms with Crippen LogP contribution in [0.15, 0.2) is 18.2 Å². The highest BCUT2D eigenvalue weighted by Gasteiger charge is 2.17. The number of nitro groups is 1. The maximum atomic E-state index is 10.7. The van der Waals surface area contributed by atoms with Gasteiger partial charge in [-0.25, -0.2) is 0 Å². The third-order valence-corrected chi connectivity index (χ3v) is 2.13. The first-order valence-electron chi connectivity index (χ1n) is 4.46. The Labute approximate surface area is 97.4 Å². The third-order valence-electron chi connectivity index (χ3n) is 1.90. The number of rotatable bonds is 4. The molecule has 0 radical (unpaired) electrons. The fourth-order valence-electron chi connectivity index (χ4n) is 1.16. The third kappa shape index (κ3) is 2.84. The average Bonchev–Trinajstić information content (AvgIpc) is 2.26. The molecule has 0 spiro atoms. The van der Waals surface area contributed by atoms with E-state index in [1.54, 1.807) is 25.1 Å². The highest BCUT2D eigenvalue weighted by Crippen LogP contribution is 2.30. The number of nitriles is 1. The highest BCUT2D eigenvalue weighted by atomic mass is 35.5. The minimum Gasteiger partial charge on any atom is -0.484 e. The van der Waals surface area contributed by atoms with E-state index >= 15 is 0 Å². The lowest BCUT2D eigenvalue weighted by molar-refractivity contribution is -0.385. The van der Waals surface area contributed by atoms with Gasteiger partial charge in [-0.1, -0.05) is 12.1 Å². The zero-order chi connectivity index (χ0) is 12.1. The highest BCUT2D eigenvalue weighted by molar-refractivity contribution is 6.22. The van der Waals surface area contributed by atoms with Gasteiger partial charge in [-0.15, -0.1) is 11.6 Å². The van der Waals surface area contributed by atoms with E-state index in [9.17, 15) is 10.1 Å². The van der Waals surface area contributed by atoms with Gasteiger partial charge in [-0.2, -0.15) is 5.26 Å². The second-order valence-electron chi connectivity index (χ2n) is 3.09. The molecule has 16 heavy (non-hydrogen) atoms. The van der Waals surface area contributed by atoms with E-state index in [1.165, 1.54) is 6.07 Å².